The fourth-order valence-corrected chi connectivity index (χ4v) is 1.75. The highest BCUT2D eigenvalue weighted by molar-refractivity contribution is 7.09. The molecular formula is C11H19N3OS. The van der Waals surface area contributed by atoms with Gasteiger partial charge < -0.3 is 10.1 Å². The van der Waals surface area contributed by atoms with E-state index in [1.807, 2.05) is 6.92 Å². The third kappa shape index (κ3) is 4.72. The lowest BCUT2D eigenvalue weighted by Crippen LogP contribution is -2.10. The highest BCUT2D eigenvalue weighted by atomic mass is 32.1. The van der Waals surface area contributed by atoms with E-state index < -0.39 is 0 Å². The lowest BCUT2D eigenvalue weighted by molar-refractivity contribution is 0.167. The molecule has 1 heterocycles. The minimum Gasteiger partial charge on any atom is -0.375 e. The first-order valence-corrected chi connectivity index (χ1v) is 6.16. The van der Waals surface area contributed by atoms with Crippen LogP contribution in [0.5, 0.6) is 0 Å². The third-order valence-electron chi connectivity index (χ3n) is 1.83. The molecule has 0 spiro atoms. The highest BCUT2D eigenvalue weighted by Gasteiger charge is 2.06. The lowest BCUT2D eigenvalue weighted by atomic mass is 10.2. The van der Waals surface area contributed by atoms with E-state index >= 15 is 0 Å². The number of aromatic nitrogens is 2. The van der Waals surface area contributed by atoms with Gasteiger partial charge in [0.2, 0.25) is 5.13 Å². The molecule has 0 unspecified atom stereocenters. The Morgan fingerprint density at radius 2 is 2.31 bits per heavy atom. The molecule has 0 amide bonds. The Morgan fingerprint density at radius 1 is 1.56 bits per heavy atom. The predicted octanol–water partition coefficient (Wildman–Crippen LogP) is 2.67. The summed E-state index contributed by atoms with van der Waals surface area (Å²) in [5.74, 6) is 1.28. The van der Waals surface area contributed by atoms with Gasteiger partial charge in [0.15, 0.2) is 0 Å². The number of anilines is 1. The van der Waals surface area contributed by atoms with Gasteiger partial charge in [0.1, 0.15) is 5.82 Å². The number of rotatable bonds is 7. The summed E-state index contributed by atoms with van der Waals surface area (Å²) in [6.07, 6.45) is 0. The van der Waals surface area contributed by atoms with Crippen molar-refractivity contribution in [3.05, 3.63) is 18.0 Å². The Bertz CT molecular complexity index is 336. The largest absolute Gasteiger partial charge is 0.375 e. The van der Waals surface area contributed by atoms with Crippen LogP contribution in [0, 0.1) is 0 Å². The van der Waals surface area contributed by atoms with Gasteiger partial charge in [-0.3, -0.25) is 0 Å². The van der Waals surface area contributed by atoms with Crippen LogP contribution in [0.15, 0.2) is 12.2 Å². The van der Waals surface area contributed by atoms with Crippen LogP contribution in [0.25, 0.3) is 0 Å². The Labute approximate surface area is 101 Å². The van der Waals surface area contributed by atoms with Crippen molar-refractivity contribution in [2.45, 2.75) is 26.7 Å². The summed E-state index contributed by atoms with van der Waals surface area (Å²) in [4.78, 5) is 4.37. The minimum atomic E-state index is 0.381. The van der Waals surface area contributed by atoms with Crippen LogP contribution in [0.1, 0.15) is 32.5 Å². The normalized spacial score (nSPS) is 10.8. The van der Waals surface area contributed by atoms with Crippen LogP contribution >= 0.6 is 11.5 Å². The van der Waals surface area contributed by atoms with Crippen LogP contribution in [-0.4, -0.2) is 29.1 Å². The molecule has 1 N–H and O–H groups in total. The molecule has 0 saturated carbocycles. The number of hydrogen-bond acceptors (Lipinski definition) is 5. The molecule has 1 rings (SSSR count). The van der Waals surface area contributed by atoms with Gasteiger partial charge in [-0.05, 0) is 6.92 Å². The Balaban J connectivity index is 2.19. The number of ether oxygens (including phenoxy) is 1. The zero-order valence-corrected chi connectivity index (χ0v) is 10.9. The van der Waals surface area contributed by atoms with E-state index in [2.05, 4.69) is 35.1 Å². The molecule has 0 aliphatic carbocycles. The SMILES string of the molecule is C=C(C)COCCNc1nc(C(C)C)ns1. The molecule has 0 radical (unpaired) electrons. The number of nitrogens with zero attached hydrogens (tertiary/aromatic N) is 2. The quantitative estimate of drug-likeness (QED) is 0.589. The van der Waals surface area contributed by atoms with Crippen LogP contribution in [-0.2, 0) is 4.74 Å². The van der Waals surface area contributed by atoms with Crippen LogP contribution in [0.2, 0.25) is 0 Å². The Hall–Kier alpha value is -0.940. The molecule has 5 heteroatoms. The first-order chi connectivity index (χ1) is 7.59. The lowest BCUT2D eigenvalue weighted by Gasteiger charge is -2.03. The fraction of sp³-hybridized carbons (Fsp3) is 0.636. The predicted molar refractivity (Wildman–Crippen MR) is 68.1 cm³/mol. The molecule has 0 aromatic carbocycles. The number of nitrogens with one attached hydrogen (secondary N) is 1. The summed E-state index contributed by atoms with van der Waals surface area (Å²) in [5, 5.41) is 4.05. The van der Waals surface area contributed by atoms with Gasteiger partial charge in [0, 0.05) is 24.0 Å². The Kier molecular flexibility index (Phi) is 5.42. The van der Waals surface area contributed by atoms with Crippen LogP contribution in [0.4, 0.5) is 5.13 Å². The third-order valence-corrected chi connectivity index (χ3v) is 2.52. The van der Waals surface area contributed by atoms with Crippen molar-refractivity contribution in [1.29, 1.82) is 0 Å². The minimum absolute atomic E-state index is 0.381. The van der Waals surface area contributed by atoms with E-state index in [0.29, 0.717) is 19.1 Å². The molecule has 0 aliphatic heterocycles. The van der Waals surface area contributed by atoms with Gasteiger partial charge in [-0.1, -0.05) is 26.0 Å². The highest BCUT2D eigenvalue weighted by Crippen LogP contribution is 2.16. The maximum Gasteiger partial charge on any atom is 0.202 e. The summed E-state index contributed by atoms with van der Waals surface area (Å²) in [6.45, 7) is 11.9. The average Bonchev–Trinajstić information content (AvgIpc) is 2.65. The summed E-state index contributed by atoms with van der Waals surface area (Å²) < 4.78 is 9.62. The van der Waals surface area contributed by atoms with E-state index in [4.69, 9.17) is 4.74 Å². The Morgan fingerprint density at radius 3 is 2.88 bits per heavy atom. The maximum absolute atomic E-state index is 5.37. The second kappa shape index (κ2) is 6.60. The van der Waals surface area contributed by atoms with Crippen molar-refractivity contribution < 1.29 is 4.74 Å². The molecule has 16 heavy (non-hydrogen) atoms. The second-order valence-electron chi connectivity index (χ2n) is 4.05. The maximum atomic E-state index is 5.37. The van der Waals surface area contributed by atoms with Gasteiger partial charge >= 0.3 is 0 Å². The van der Waals surface area contributed by atoms with Crippen molar-refractivity contribution in [1.82, 2.24) is 9.36 Å². The smallest absolute Gasteiger partial charge is 0.202 e. The van der Waals surface area contributed by atoms with Crippen molar-refractivity contribution in [2.75, 3.05) is 25.1 Å². The van der Waals surface area contributed by atoms with Crippen molar-refractivity contribution in [2.24, 2.45) is 0 Å². The van der Waals surface area contributed by atoms with Crippen LogP contribution in [0.3, 0.4) is 0 Å². The zero-order chi connectivity index (χ0) is 12.0. The van der Waals surface area contributed by atoms with E-state index in [0.717, 1.165) is 23.1 Å². The van der Waals surface area contributed by atoms with Crippen molar-refractivity contribution in [3.63, 3.8) is 0 Å². The molecule has 0 bridgehead atoms. The molecular weight excluding hydrogens is 222 g/mol. The van der Waals surface area contributed by atoms with Gasteiger partial charge in [-0.15, -0.1) is 0 Å². The van der Waals surface area contributed by atoms with Gasteiger partial charge in [0.25, 0.3) is 0 Å². The first-order valence-electron chi connectivity index (χ1n) is 5.39. The monoisotopic (exact) mass is 241 g/mol. The molecule has 1 aromatic heterocycles. The zero-order valence-electron chi connectivity index (χ0n) is 10.1. The molecule has 4 nitrogen and oxygen atoms in total. The van der Waals surface area contributed by atoms with Gasteiger partial charge in [-0.2, -0.15) is 4.37 Å². The first kappa shape index (κ1) is 13.1. The van der Waals surface area contributed by atoms with Gasteiger partial charge in [0.05, 0.1) is 13.2 Å². The van der Waals surface area contributed by atoms with E-state index in [-0.39, 0.29) is 0 Å². The van der Waals surface area contributed by atoms with E-state index in [1.165, 1.54) is 11.5 Å². The van der Waals surface area contributed by atoms with Crippen molar-refractivity contribution in [3.8, 4) is 0 Å². The van der Waals surface area contributed by atoms with Crippen molar-refractivity contribution >= 4 is 16.7 Å². The molecule has 0 atom stereocenters. The summed E-state index contributed by atoms with van der Waals surface area (Å²) >= 11 is 1.40. The van der Waals surface area contributed by atoms with Gasteiger partial charge in [-0.25, -0.2) is 4.98 Å². The summed E-state index contributed by atoms with van der Waals surface area (Å²) in [7, 11) is 0. The molecule has 1 aromatic rings. The summed E-state index contributed by atoms with van der Waals surface area (Å²) in [6, 6.07) is 0. The topological polar surface area (TPSA) is 47.0 Å². The molecule has 0 saturated heterocycles. The van der Waals surface area contributed by atoms with E-state index in [9.17, 15) is 0 Å². The summed E-state index contributed by atoms with van der Waals surface area (Å²) in [5.41, 5.74) is 1.04. The standard InChI is InChI=1S/C11H19N3OS/c1-8(2)7-15-6-5-12-11-13-10(9(3)4)14-16-11/h9H,1,5-7H2,2-4H3,(H,12,13,14). The van der Waals surface area contributed by atoms with Crippen LogP contribution < -0.4 is 5.32 Å². The van der Waals surface area contributed by atoms with E-state index in [1.54, 1.807) is 0 Å². The number of hydrogen-bond donors (Lipinski definition) is 1. The molecule has 0 fully saturated rings. The second-order valence-corrected chi connectivity index (χ2v) is 4.80. The molecule has 0 aliphatic rings. The average molecular weight is 241 g/mol. The fourth-order valence-electron chi connectivity index (χ4n) is 1.02. The molecule has 90 valence electrons.